The van der Waals surface area contributed by atoms with Crippen LogP contribution in [-0.4, -0.2) is 86.3 Å². The molecule has 0 saturated carbocycles. The molecule has 0 aliphatic carbocycles. The van der Waals surface area contributed by atoms with E-state index in [1.807, 2.05) is 84.9 Å². The number of nitrogens with one attached hydrogen (secondary N) is 1. The molecular formula is C53H68N5O9PSi. The van der Waals surface area contributed by atoms with Crippen LogP contribution in [0.5, 0.6) is 11.5 Å². The zero-order chi connectivity index (χ0) is 50.1. The number of carbonyl (C=O) groups excluding carboxylic acids is 1. The number of anilines is 1. The van der Waals surface area contributed by atoms with Crippen molar-refractivity contribution in [3.63, 3.8) is 0 Å². The van der Waals surface area contributed by atoms with Crippen molar-refractivity contribution in [3.8, 4) is 17.6 Å². The van der Waals surface area contributed by atoms with E-state index in [9.17, 15) is 14.9 Å². The van der Waals surface area contributed by atoms with Crippen molar-refractivity contribution in [1.29, 1.82) is 5.26 Å². The van der Waals surface area contributed by atoms with Gasteiger partial charge in [0.05, 0.1) is 39.9 Å². The molecule has 1 aliphatic rings. The highest BCUT2D eigenvalue weighted by Gasteiger charge is 2.54. The Labute approximate surface area is 409 Å². The van der Waals surface area contributed by atoms with Crippen LogP contribution < -0.4 is 20.5 Å². The van der Waals surface area contributed by atoms with E-state index in [4.69, 9.17) is 32.4 Å². The molecule has 1 aromatic heterocycles. The number of nitrogens with zero attached hydrogens (tertiary/aromatic N) is 4. The van der Waals surface area contributed by atoms with Gasteiger partial charge in [0.1, 0.15) is 41.2 Å². The van der Waals surface area contributed by atoms with Crippen LogP contribution in [0.15, 0.2) is 120 Å². The lowest BCUT2D eigenvalue weighted by molar-refractivity contribution is -0.0943. The molecule has 2 heterocycles. The molecule has 5 unspecified atom stereocenters. The third-order valence-corrected chi connectivity index (χ3v) is 19.3. The minimum Gasteiger partial charge on any atom is -0.497 e. The Morgan fingerprint density at radius 1 is 0.855 bits per heavy atom. The van der Waals surface area contributed by atoms with E-state index in [1.165, 1.54) is 4.57 Å². The molecule has 1 amide bonds. The maximum absolute atomic E-state index is 14.5. The second-order valence-electron chi connectivity index (χ2n) is 19.1. The largest absolute Gasteiger partial charge is 0.497 e. The van der Waals surface area contributed by atoms with E-state index in [0.717, 1.165) is 16.7 Å². The normalized spacial score (nSPS) is 18.1. The molecule has 0 spiro atoms. The quantitative estimate of drug-likeness (QED) is 0.0322. The highest BCUT2D eigenvalue weighted by atomic mass is 31.2. The molecule has 1 fully saturated rings. The first-order valence-corrected chi connectivity index (χ1v) is 27.4. The minimum atomic E-state index is -2.71. The summed E-state index contributed by atoms with van der Waals surface area (Å²) in [4.78, 5) is 32.2. The fourth-order valence-corrected chi connectivity index (χ4v) is 11.2. The Kier molecular flexibility index (Phi) is 17.8. The molecule has 1 saturated heterocycles. The molecule has 14 nitrogen and oxygen atoms in total. The van der Waals surface area contributed by atoms with Gasteiger partial charge in [-0.25, -0.2) is 9.46 Å². The minimum absolute atomic E-state index is 0.0187. The summed E-state index contributed by atoms with van der Waals surface area (Å²) in [7, 11) is -1.32. The van der Waals surface area contributed by atoms with Crippen LogP contribution in [0.25, 0.3) is 0 Å². The molecule has 1 N–H and O–H groups in total. The number of hydrogen-bond donors (Lipinski definition) is 1. The molecule has 1 aliphatic heterocycles. The number of aryl methyl sites for hydroxylation is 1. The van der Waals surface area contributed by atoms with Crippen molar-refractivity contribution in [2.45, 2.75) is 122 Å². The highest BCUT2D eigenvalue weighted by molar-refractivity contribution is 7.44. The molecule has 69 heavy (non-hydrogen) atoms. The summed E-state index contributed by atoms with van der Waals surface area (Å²) in [5, 5.41) is 12.2. The molecule has 368 valence electrons. The zero-order valence-corrected chi connectivity index (χ0v) is 43.9. The molecule has 0 radical (unpaired) electrons. The Balaban J connectivity index is 1.55. The van der Waals surface area contributed by atoms with Gasteiger partial charge in [-0.15, -0.1) is 0 Å². The summed E-state index contributed by atoms with van der Waals surface area (Å²) in [6.07, 6.45) is -1.97. The fourth-order valence-electron chi connectivity index (χ4n) is 8.16. The summed E-state index contributed by atoms with van der Waals surface area (Å²) in [6, 6.07) is 36.5. The molecule has 16 heteroatoms. The summed E-state index contributed by atoms with van der Waals surface area (Å²) in [6.45, 7) is 20.9. The number of carbonyl (C=O) groups is 1. The smallest absolute Gasteiger partial charge is 0.351 e. The van der Waals surface area contributed by atoms with Gasteiger partial charge in [-0.2, -0.15) is 10.2 Å². The number of methoxy groups -OCH3 is 2. The third kappa shape index (κ3) is 12.2. The second-order valence-corrected chi connectivity index (χ2v) is 25.3. The number of amides is 1. The zero-order valence-electron chi connectivity index (χ0n) is 42.0. The summed E-state index contributed by atoms with van der Waals surface area (Å²) >= 11 is 0. The molecule has 5 atom stereocenters. The highest BCUT2D eigenvalue weighted by Crippen LogP contribution is 2.52. The number of benzene rings is 4. The van der Waals surface area contributed by atoms with Crippen molar-refractivity contribution in [2.75, 3.05) is 32.8 Å². The fraction of sp³-hybridized carbons (Fsp3) is 0.434. The third-order valence-electron chi connectivity index (χ3n) is 12.7. The monoisotopic (exact) mass is 977 g/mol. The van der Waals surface area contributed by atoms with Crippen LogP contribution >= 0.6 is 8.53 Å². The Bertz CT molecular complexity index is 2490. The van der Waals surface area contributed by atoms with Gasteiger partial charge in [-0.05, 0) is 106 Å². The maximum atomic E-state index is 14.5. The van der Waals surface area contributed by atoms with Gasteiger partial charge in [-0.3, -0.25) is 9.36 Å². The molecular weight excluding hydrogens is 910 g/mol. The van der Waals surface area contributed by atoms with Gasteiger partial charge in [0.15, 0.2) is 14.5 Å². The number of ether oxygens (including phenoxy) is 4. The van der Waals surface area contributed by atoms with Crippen LogP contribution in [0, 0.1) is 18.3 Å². The van der Waals surface area contributed by atoms with E-state index >= 15 is 0 Å². The van der Waals surface area contributed by atoms with E-state index in [-0.39, 0.29) is 42.6 Å². The van der Waals surface area contributed by atoms with Crippen molar-refractivity contribution in [1.82, 2.24) is 14.2 Å². The van der Waals surface area contributed by atoms with Crippen molar-refractivity contribution in [2.24, 2.45) is 0 Å². The predicted molar refractivity (Wildman–Crippen MR) is 272 cm³/mol. The standard InChI is InChI=1S/C53H68N5O9PSi/c1-36(2)58(37(3)4)68(64-33-19-32-54)66-46-45(35-63-53(40-22-17-14-18-23-40,41-24-28-43(61-9)29-25-41)42-26-30-44(62-10)31-27-42)65-50(47(46)67-69(11,12)52(6,7)8)57-34-38(5)48(56-51(57)60)55-49(59)39-20-15-13-16-21-39/h13-18,20-31,34,36-37,45-47,50H,19,33,35H2,1-12H3,(H,55,56,59,60). The average molecular weight is 978 g/mol. The van der Waals surface area contributed by atoms with Gasteiger partial charge in [0.2, 0.25) is 0 Å². The molecule has 6 rings (SSSR count). The molecule has 0 bridgehead atoms. The van der Waals surface area contributed by atoms with Gasteiger partial charge in [-0.1, -0.05) is 93.6 Å². The van der Waals surface area contributed by atoms with Gasteiger partial charge < -0.3 is 37.7 Å². The van der Waals surface area contributed by atoms with E-state index in [1.54, 1.807) is 51.6 Å². The SMILES string of the molecule is COc1ccc(C(OCC2OC(n3cc(C)c(NC(=O)c4ccccc4)nc3=O)C(O[Si](C)(C)C(C)(C)C)C2OP(OCCC#N)N(C(C)C)C(C)C)(c2ccccc2)c2ccc(OC)cc2)cc1. The first kappa shape index (κ1) is 53.1. The Morgan fingerprint density at radius 2 is 1.39 bits per heavy atom. The first-order chi connectivity index (χ1) is 32.8. The number of nitriles is 1. The lowest BCUT2D eigenvalue weighted by atomic mass is 9.80. The Hall–Kier alpha value is -5.27. The Morgan fingerprint density at radius 3 is 1.90 bits per heavy atom. The number of aromatic nitrogens is 2. The van der Waals surface area contributed by atoms with Crippen LogP contribution in [-0.2, 0) is 28.5 Å². The number of rotatable bonds is 21. The lowest BCUT2D eigenvalue weighted by Gasteiger charge is -2.42. The van der Waals surface area contributed by atoms with Crippen LogP contribution in [0.3, 0.4) is 0 Å². The first-order valence-electron chi connectivity index (χ1n) is 23.4. The number of hydrogen-bond acceptors (Lipinski definition) is 12. The van der Waals surface area contributed by atoms with Crippen molar-refractivity contribution in [3.05, 3.63) is 154 Å². The van der Waals surface area contributed by atoms with Crippen LogP contribution in [0.4, 0.5) is 5.82 Å². The van der Waals surface area contributed by atoms with Crippen LogP contribution in [0.1, 0.15) is 93.7 Å². The van der Waals surface area contributed by atoms with E-state index in [0.29, 0.717) is 22.6 Å². The molecule has 4 aromatic carbocycles. The maximum Gasteiger partial charge on any atom is 0.351 e. The van der Waals surface area contributed by atoms with Crippen molar-refractivity contribution >= 4 is 28.6 Å². The van der Waals surface area contributed by atoms with Gasteiger partial charge >= 0.3 is 5.69 Å². The van der Waals surface area contributed by atoms with Gasteiger partial charge in [0, 0.05) is 29.4 Å². The van der Waals surface area contributed by atoms with Crippen LogP contribution in [0.2, 0.25) is 18.1 Å². The van der Waals surface area contributed by atoms with Crippen molar-refractivity contribution < 1.29 is 37.2 Å². The van der Waals surface area contributed by atoms with Gasteiger partial charge in [0.25, 0.3) is 14.4 Å². The topological polar surface area (TPSA) is 156 Å². The molecule has 5 aromatic rings. The van der Waals surface area contributed by atoms with E-state index in [2.05, 4.69) is 82.6 Å². The predicted octanol–water partition coefficient (Wildman–Crippen LogP) is 10.8. The summed E-state index contributed by atoms with van der Waals surface area (Å²) < 4.78 is 50.8. The summed E-state index contributed by atoms with van der Waals surface area (Å²) in [5.41, 5.74) is 1.54. The average Bonchev–Trinajstić information content (AvgIpc) is 3.65. The second kappa shape index (κ2) is 23.1. The summed E-state index contributed by atoms with van der Waals surface area (Å²) in [5.74, 6) is 1.09. The lowest BCUT2D eigenvalue weighted by Crippen LogP contribution is -2.50. The van der Waals surface area contributed by atoms with E-state index < -0.39 is 58.6 Å².